The van der Waals surface area contributed by atoms with E-state index in [-0.39, 0.29) is 12.4 Å². The first-order valence-electron chi connectivity index (χ1n) is 9.25. The maximum atomic E-state index is 13.6. The van der Waals surface area contributed by atoms with Crippen molar-refractivity contribution < 1.29 is 33.7 Å². The van der Waals surface area contributed by atoms with Crippen LogP contribution >= 0.6 is 0 Å². The van der Waals surface area contributed by atoms with Gasteiger partial charge in [-0.1, -0.05) is 0 Å². The van der Waals surface area contributed by atoms with E-state index in [1.807, 2.05) is 13.8 Å². The lowest BCUT2D eigenvalue weighted by molar-refractivity contribution is -0.0339. The molecule has 0 bridgehead atoms. The molecule has 1 aliphatic rings. The Balaban J connectivity index is 1.74. The van der Waals surface area contributed by atoms with Gasteiger partial charge < -0.3 is 24.5 Å². The lowest BCUT2D eigenvalue weighted by atomic mass is 9.72. The molecule has 152 valence electrons. The highest BCUT2D eigenvalue weighted by Gasteiger charge is 2.41. The van der Waals surface area contributed by atoms with Gasteiger partial charge in [-0.2, -0.15) is 0 Å². The Morgan fingerprint density at radius 2 is 1.90 bits per heavy atom. The minimum absolute atomic E-state index is 0.207. The van der Waals surface area contributed by atoms with Gasteiger partial charge in [0, 0.05) is 22.4 Å². The van der Waals surface area contributed by atoms with Crippen molar-refractivity contribution in [2.24, 2.45) is 0 Å². The van der Waals surface area contributed by atoms with Gasteiger partial charge in [-0.15, -0.1) is 0 Å². The van der Waals surface area contributed by atoms with Crippen LogP contribution in [0.2, 0.25) is 0 Å². The molecule has 1 aliphatic carbocycles. The zero-order valence-electron chi connectivity index (χ0n) is 16.0. The van der Waals surface area contributed by atoms with E-state index in [2.05, 4.69) is 0 Å². The van der Waals surface area contributed by atoms with E-state index in [0.717, 1.165) is 0 Å². The molecule has 3 N–H and O–H groups in total. The Morgan fingerprint density at radius 3 is 2.62 bits per heavy atom. The molecule has 7 heteroatoms. The zero-order valence-corrected chi connectivity index (χ0v) is 16.0. The molecule has 6 nitrogen and oxygen atoms in total. The molecule has 0 unspecified atom stereocenters. The third kappa shape index (κ3) is 3.11. The average molecular weight is 400 g/mol. The normalized spacial score (nSPS) is 17.0. The van der Waals surface area contributed by atoms with Gasteiger partial charge in [0.2, 0.25) is 0 Å². The number of rotatable bonds is 5. The third-order valence-corrected chi connectivity index (χ3v) is 5.41. The molecule has 0 amide bonds. The van der Waals surface area contributed by atoms with Crippen LogP contribution in [0.15, 0.2) is 40.8 Å². The number of aliphatic hydroxyl groups is 3. The first kappa shape index (κ1) is 19.6. The number of halogens is 1. The van der Waals surface area contributed by atoms with E-state index in [1.165, 1.54) is 12.1 Å². The lowest BCUT2D eigenvalue weighted by Crippen LogP contribution is -2.34. The highest BCUT2D eigenvalue weighted by Crippen LogP contribution is 2.46. The number of hydrogen-bond acceptors (Lipinski definition) is 6. The molecule has 0 radical (unpaired) electrons. The monoisotopic (exact) mass is 400 g/mol. The van der Waals surface area contributed by atoms with E-state index in [9.17, 15) is 19.4 Å². The van der Waals surface area contributed by atoms with Crippen molar-refractivity contribution in [1.82, 2.24) is 0 Å². The average Bonchev–Trinajstić information content (AvgIpc) is 3.09. The number of hydrogen-bond donors (Lipinski definition) is 3. The second-order valence-corrected chi connectivity index (χ2v) is 7.74. The number of furan rings is 1. The fourth-order valence-electron chi connectivity index (χ4n) is 3.74. The van der Waals surface area contributed by atoms with Crippen LogP contribution in [-0.2, 0) is 5.41 Å². The van der Waals surface area contributed by atoms with Crippen LogP contribution in [0.25, 0.3) is 11.0 Å². The SMILES string of the molecule is CC1(C)c2cc(OC[C@@H](O)[C@H](O)CO)ccc2C(=O)c2c1oc1cc(F)ccc21. The molecule has 2 aromatic carbocycles. The topological polar surface area (TPSA) is 100 Å². The van der Waals surface area contributed by atoms with Crippen molar-refractivity contribution in [2.45, 2.75) is 31.5 Å². The van der Waals surface area contributed by atoms with Crippen LogP contribution < -0.4 is 4.74 Å². The highest BCUT2D eigenvalue weighted by molar-refractivity contribution is 6.19. The minimum Gasteiger partial charge on any atom is -0.491 e. The number of benzene rings is 2. The zero-order chi connectivity index (χ0) is 20.9. The van der Waals surface area contributed by atoms with Gasteiger partial charge >= 0.3 is 0 Å². The second-order valence-electron chi connectivity index (χ2n) is 7.74. The molecule has 3 aromatic rings. The van der Waals surface area contributed by atoms with Crippen LogP contribution in [0.3, 0.4) is 0 Å². The van der Waals surface area contributed by atoms with E-state index in [1.54, 1.807) is 24.3 Å². The van der Waals surface area contributed by atoms with Crippen LogP contribution in [0.1, 0.15) is 41.1 Å². The molecule has 0 saturated carbocycles. The standard InChI is InChI=1S/C22H21FO6/c1-22(2)15-8-12(28-10-17(26)16(25)9-24)4-6-13(15)20(27)19-14-5-3-11(23)7-18(14)29-21(19)22/h3-8,16-17,24-26H,9-10H2,1-2H3/t16-,17-/m1/s1. The van der Waals surface area contributed by atoms with Gasteiger partial charge in [-0.25, -0.2) is 4.39 Å². The summed E-state index contributed by atoms with van der Waals surface area (Å²) in [5, 5.41) is 28.7. The van der Waals surface area contributed by atoms with E-state index in [4.69, 9.17) is 14.3 Å². The largest absolute Gasteiger partial charge is 0.491 e. The van der Waals surface area contributed by atoms with Crippen molar-refractivity contribution in [3.63, 3.8) is 0 Å². The maximum absolute atomic E-state index is 13.6. The molecular weight excluding hydrogens is 379 g/mol. The van der Waals surface area contributed by atoms with Crippen LogP contribution in [0.4, 0.5) is 4.39 Å². The molecule has 1 aromatic heterocycles. The lowest BCUT2D eigenvalue weighted by Gasteiger charge is -2.31. The third-order valence-electron chi connectivity index (χ3n) is 5.41. The quantitative estimate of drug-likeness (QED) is 0.609. The summed E-state index contributed by atoms with van der Waals surface area (Å²) in [6.45, 7) is 3.02. The summed E-state index contributed by atoms with van der Waals surface area (Å²) < 4.78 is 25.1. The number of fused-ring (bicyclic) bond motifs is 4. The van der Waals surface area contributed by atoms with Gasteiger partial charge in [0.1, 0.15) is 41.7 Å². The van der Waals surface area contributed by atoms with Gasteiger partial charge in [-0.3, -0.25) is 4.79 Å². The van der Waals surface area contributed by atoms with E-state index < -0.39 is 30.0 Å². The van der Waals surface area contributed by atoms with Crippen molar-refractivity contribution in [2.75, 3.05) is 13.2 Å². The van der Waals surface area contributed by atoms with E-state index in [0.29, 0.717) is 39.2 Å². The fourth-order valence-corrected chi connectivity index (χ4v) is 3.74. The molecular formula is C22H21FO6. The van der Waals surface area contributed by atoms with Gasteiger partial charge in [0.25, 0.3) is 0 Å². The van der Waals surface area contributed by atoms with E-state index >= 15 is 0 Å². The molecule has 29 heavy (non-hydrogen) atoms. The summed E-state index contributed by atoms with van der Waals surface area (Å²) in [5.74, 6) is 0.218. The van der Waals surface area contributed by atoms with Gasteiger partial charge in [0.15, 0.2) is 5.78 Å². The number of ketones is 1. The number of carbonyl (C=O) groups excluding carboxylic acids is 1. The van der Waals surface area contributed by atoms with Gasteiger partial charge in [-0.05, 0) is 49.7 Å². The Morgan fingerprint density at radius 1 is 1.14 bits per heavy atom. The van der Waals surface area contributed by atoms with Crippen molar-refractivity contribution >= 4 is 16.8 Å². The minimum atomic E-state index is -1.30. The molecule has 0 spiro atoms. The van der Waals surface area contributed by atoms with Crippen LogP contribution in [-0.4, -0.2) is 46.5 Å². The maximum Gasteiger partial charge on any atom is 0.197 e. The molecule has 0 saturated heterocycles. The molecule has 4 rings (SSSR count). The highest BCUT2D eigenvalue weighted by atomic mass is 19.1. The Hall–Kier alpha value is -2.74. The molecule has 1 heterocycles. The Bertz CT molecular complexity index is 1100. The summed E-state index contributed by atoms with van der Waals surface area (Å²) in [6.07, 6.45) is -2.55. The second kappa shape index (κ2) is 6.95. The molecule has 0 fully saturated rings. The summed E-state index contributed by atoms with van der Waals surface area (Å²) in [4.78, 5) is 13.2. The predicted molar refractivity (Wildman–Crippen MR) is 103 cm³/mol. The number of ether oxygens (including phenoxy) is 1. The Labute approximate surface area is 166 Å². The van der Waals surface area contributed by atoms with Crippen LogP contribution in [0, 0.1) is 5.82 Å². The Kier molecular flexibility index (Phi) is 4.69. The van der Waals surface area contributed by atoms with Crippen molar-refractivity contribution in [3.8, 4) is 5.75 Å². The number of aliphatic hydroxyl groups excluding tert-OH is 3. The molecule has 2 atom stereocenters. The number of carbonyl (C=O) groups is 1. The van der Waals surface area contributed by atoms with Crippen LogP contribution in [0.5, 0.6) is 5.75 Å². The smallest absolute Gasteiger partial charge is 0.197 e. The van der Waals surface area contributed by atoms with Crippen molar-refractivity contribution in [1.29, 1.82) is 0 Å². The first-order valence-corrected chi connectivity index (χ1v) is 9.25. The van der Waals surface area contributed by atoms with Crippen molar-refractivity contribution in [3.05, 3.63) is 64.7 Å². The summed E-state index contributed by atoms with van der Waals surface area (Å²) >= 11 is 0. The summed E-state index contributed by atoms with van der Waals surface area (Å²) in [6, 6.07) is 9.08. The van der Waals surface area contributed by atoms with Gasteiger partial charge in [0.05, 0.1) is 12.2 Å². The fraction of sp³-hybridized carbons (Fsp3) is 0.318. The predicted octanol–water partition coefficient (Wildman–Crippen LogP) is 2.54. The summed E-state index contributed by atoms with van der Waals surface area (Å²) in [7, 11) is 0. The molecule has 0 aliphatic heterocycles. The summed E-state index contributed by atoms with van der Waals surface area (Å²) in [5.41, 5.74) is 1.26. The first-order chi connectivity index (χ1) is 13.7.